The van der Waals surface area contributed by atoms with Crippen LogP contribution in [-0.4, -0.2) is 90.0 Å². The third kappa shape index (κ3) is 6.95. The maximum absolute atomic E-state index is 13.7. The second-order valence-corrected chi connectivity index (χ2v) is 11.7. The summed E-state index contributed by atoms with van der Waals surface area (Å²) < 4.78 is 46.9. The second kappa shape index (κ2) is 12.4. The van der Waals surface area contributed by atoms with Crippen molar-refractivity contribution in [1.82, 2.24) is 24.7 Å². The Bertz CT molecular complexity index is 1330. The van der Waals surface area contributed by atoms with Crippen molar-refractivity contribution in [3.05, 3.63) is 77.1 Å². The maximum Gasteiger partial charge on any atom is 0.416 e. The molecule has 2 fully saturated rings. The van der Waals surface area contributed by atoms with Gasteiger partial charge in [0.15, 0.2) is 0 Å². The Balaban J connectivity index is 1.24. The van der Waals surface area contributed by atoms with E-state index in [0.717, 1.165) is 55.1 Å². The van der Waals surface area contributed by atoms with Crippen LogP contribution in [0, 0.1) is 13.8 Å². The molecule has 0 unspecified atom stereocenters. The number of aromatic nitrogens is 2. The van der Waals surface area contributed by atoms with Crippen molar-refractivity contribution in [3.63, 3.8) is 0 Å². The predicted molar refractivity (Wildman–Crippen MR) is 154 cm³/mol. The highest BCUT2D eigenvalue weighted by Crippen LogP contribution is 2.39. The van der Waals surface area contributed by atoms with Crippen molar-refractivity contribution in [3.8, 4) is 0 Å². The average Bonchev–Trinajstić information content (AvgIpc) is 3.29. The van der Waals surface area contributed by atoms with Crippen LogP contribution in [0.2, 0.25) is 0 Å². The van der Waals surface area contributed by atoms with Crippen LogP contribution in [-0.2, 0) is 22.9 Å². The van der Waals surface area contributed by atoms with E-state index in [1.165, 1.54) is 12.1 Å². The zero-order chi connectivity index (χ0) is 29.9. The standard InChI is InChI=1S/C31H39F3N6O2/c1-23-17-27(42-24(23)2)20-37(3)22-30(25-5-4-6-26(18-25)31(32,33)34)7-11-40(12-8-30)29(41)21-38-13-15-39(16-14-38)28-19-35-9-10-36-28/h4-6,9-10,17-19H,7-8,11-16,20-22H2,1-3H3. The fourth-order valence-electron chi connectivity index (χ4n) is 6.19. The number of halogens is 3. The minimum absolute atomic E-state index is 0.0653. The molecule has 5 rings (SSSR count). The zero-order valence-electron chi connectivity index (χ0n) is 24.5. The number of likely N-dealkylation sites (tertiary alicyclic amines) is 1. The smallest absolute Gasteiger partial charge is 0.416 e. The van der Waals surface area contributed by atoms with E-state index in [9.17, 15) is 18.0 Å². The van der Waals surface area contributed by atoms with Gasteiger partial charge in [0.1, 0.15) is 17.3 Å². The number of alkyl halides is 3. The molecule has 1 aromatic carbocycles. The first-order valence-corrected chi connectivity index (χ1v) is 14.5. The SMILES string of the molecule is Cc1cc(CN(C)CC2(c3cccc(C(F)(F)F)c3)CCN(C(=O)CN3CCN(c4cnccn4)CC3)CC2)oc1C. The summed E-state index contributed by atoms with van der Waals surface area (Å²) in [5.74, 6) is 2.61. The average molecular weight is 585 g/mol. The molecule has 1 amide bonds. The Morgan fingerprint density at radius 3 is 2.40 bits per heavy atom. The largest absolute Gasteiger partial charge is 0.465 e. The highest BCUT2D eigenvalue weighted by Gasteiger charge is 2.40. The molecule has 0 spiro atoms. The van der Waals surface area contributed by atoms with Gasteiger partial charge in [-0.05, 0) is 57.0 Å². The number of piperazine rings is 1. The number of carbonyl (C=O) groups is 1. The maximum atomic E-state index is 13.7. The second-order valence-electron chi connectivity index (χ2n) is 11.7. The van der Waals surface area contributed by atoms with Gasteiger partial charge in [-0.2, -0.15) is 13.2 Å². The lowest BCUT2D eigenvalue weighted by atomic mass is 9.72. The first-order chi connectivity index (χ1) is 20.0. The van der Waals surface area contributed by atoms with Gasteiger partial charge in [-0.25, -0.2) is 4.98 Å². The van der Waals surface area contributed by atoms with E-state index >= 15 is 0 Å². The molecule has 0 radical (unpaired) electrons. The van der Waals surface area contributed by atoms with Crippen molar-refractivity contribution >= 4 is 11.7 Å². The number of benzene rings is 1. The summed E-state index contributed by atoms with van der Waals surface area (Å²) in [5, 5.41) is 0. The number of hydrogen-bond donors (Lipinski definition) is 0. The molecule has 0 N–H and O–H groups in total. The number of carbonyl (C=O) groups excluding carboxylic acids is 1. The Labute approximate surface area is 245 Å². The molecule has 0 aliphatic carbocycles. The number of rotatable bonds is 8. The van der Waals surface area contributed by atoms with Gasteiger partial charge in [-0.1, -0.05) is 18.2 Å². The summed E-state index contributed by atoms with van der Waals surface area (Å²) in [4.78, 5) is 30.1. The monoisotopic (exact) mass is 584 g/mol. The van der Waals surface area contributed by atoms with Gasteiger partial charge in [-0.3, -0.25) is 19.6 Å². The third-order valence-corrected chi connectivity index (χ3v) is 8.70. The summed E-state index contributed by atoms with van der Waals surface area (Å²) in [6.45, 7) is 9.41. The van der Waals surface area contributed by atoms with Crippen LogP contribution >= 0.6 is 0 Å². The number of nitrogens with zero attached hydrogens (tertiary/aromatic N) is 6. The van der Waals surface area contributed by atoms with Gasteiger partial charge in [0.05, 0.1) is 24.8 Å². The molecule has 42 heavy (non-hydrogen) atoms. The van der Waals surface area contributed by atoms with Crippen LogP contribution < -0.4 is 4.90 Å². The lowest BCUT2D eigenvalue weighted by Crippen LogP contribution is -2.53. The first kappa shape index (κ1) is 30.0. The van der Waals surface area contributed by atoms with Crippen molar-refractivity contribution in [2.45, 2.75) is 44.8 Å². The lowest BCUT2D eigenvalue weighted by Gasteiger charge is -2.45. The molecule has 2 saturated heterocycles. The quantitative estimate of drug-likeness (QED) is 0.386. The molecule has 0 saturated carbocycles. The third-order valence-electron chi connectivity index (χ3n) is 8.70. The van der Waals surface area contributed by atoms with E-state index < -0.39 is 17.2 Å². The van der Waals surface area contributed by atoms with E-state index in [1.807, 2.05) is 31.9 Å². The topological polar surface area (TPSA) is 69.0 Å². The van der Waals surface area contributed by atoms with E-state index in [2.05, 4.69) is 24.7 Å². The summed E-state index contributed by atoms with van der Waals surface area (Å²) in [7, 11) is 1.97. The Hall–Kier alpha value is -3.44. The van der Waals surface area contributed by atoms with Gasteiger partial charge in [0.2, 0.25) is 5.91 Å². The van der Waals surface area contributed by atoms with Crippen molar-refractivity contribution < 1.29 is 22.4 Å². The van der Waals surface area contributed by atoms with Crippen molar-refractivity contribution in [2.24, 2.45) is 0 Å². The molecule has 2 aliphatic heterocycles. The molecule has 8 nitrogen and oxygen atoms in total. The number of furan rings is 1. The number of anilines is 1. The molecule has 2 aliphatic rings. The van der Waals surface area contributed by atoms with Gasteiger partial charge < -0.3 is 14.2 Å². The number of hydrogen-bond acceptors (Lipinski definition) is 7. The van der Waals surface area contributed by atoms with E-state index in [-0.39, 0.29) is 5.91 Å². The van der Waals surface area contributed by atoms with Crippen LogP contribution in [0.4, 0.5) is 19.0 Å². The summed E-state index contributed by atoms with van der Waals surface area (Å²) in [6.07, 6.45) is 1.83. The fourth-order valence-corrected chi connectivity index (χ4v) is 6.19. The van der Waals surface area contributed by atoms with Gasteiger partial charge >= 0.3 is 6.18 Å². The van der Waals surface area contributed by atoms with Crippen molar-refractivity contribution in [1.29, 1.82) is 0 Å². The molecular formula is C31H39F3N6O2. The molecule has 3 aromatic rings. The van der Waals surface area contributed by atoms with E-state index in [1.54, 1.807) is 24.7 Å². The van der Waals surface area contributed by atoms with E-state index in [0.29, 0.717) is 51.1 Å². The number of amides is 1. The van der Waals surface area contributed by atoms with Crippen molar-refractivity contribution in [2.75, 3.05) is 64.3 Å². The molecule has 0 atom stereocenters. The molecule has 11 heteroatoms. The molecule has 2 aromatic heterocycles. The van der Waals surface area contributed by atoms with Gasteiger partial charge in [-0.15, -0.1) is 0 Å². The number of piperidine rings is 1. The molecular weight excluding hydrogens is 545 g/mol. The fraction of sp³-hybridized carbons (Fsp3) is 0.516. The molecule has 4 heterocycles. The van der Waals surface area contributed by atoms with Crippen LogP contribution in [0.3, 0.4) is 0 Å². The normalized spacial score (nSPS) is 18.1. The minimum atomic E-state index is -4.42. The van der Waals surface area contributed by atoms with Crippen LogP contribution in [0.1, 0.15) is 41.1 Å². The summed E-state index contributed by atoms with van der Waals surface area (Å²) in [6, 6.07) is 7.73. The Morgan fingerprint density at radius 2 is 1.79 bits per heavy atom. The van der Waals surface area contributed by atoms with E-state index in [4.69, 9.17) is 4.42 Å². The molecule has 0 bridgehead atoms. The van der Waals surface area contributed by atoms with Gasteiger partial charge in [0, 0.05) is 63.6 Å². The van der Waals surface area contributed by atoms with Crippen LogP contribution in [0.25, 0.3) is 0 Å². The predicted octanol–water partition coefficient (Wildman–Crippen LogP) is 4.52. The Morgan fingerprint density at radius 1 is 1.05 bits per heavy atom. The highest BCUT2D eigenvalue weighted by atomic mass is 19.4. The van der Waals surface area contributed by atoms with Crippen LogP contribution in [0.5, 0.6) is 0 Å². The lowest BCUT2D eigenvalue weighted by molar-refractivity contribution is -0.137. The number of likely N-dealkylation sites (N-methyl/N-ethyl adjacent to an activating group) is 1. The number of aryl methyl sites for hydroxylation is 2. The first-order valence-electron chi connectivity index (χ1n) is 14.5. The van der Waals surface area contributed by atoms with Crippen LogP contribution in [0.15, 0.2) is 53.3 Å². The summed E-state index contributed by atoms with van der Waals surface area (Å²) in [5.41, 5.74) is 0.584. The molecule has 226 valence electrons. The minimum Gasteiger partial charge on any atom is -0.465 e. The highest BCUT2D eigenvalue weighted by molar-refractivity contribution is 5.78. The van der Waals surface area contributed by atoms with Gasteiger partial charge in [0.25, 0.3) is 0 Å². The summed E-state index contributed by atoms with van der Waals surface area (Å²) >= 11 is 0. The zero-order valence-corrected chi connectivity index (χ0v) is 24.5. The Kier molecular flexibility index (Phi) is 8.89.